The molecule has 4 heteroatoms. The van der Waals surface area contributed by atoms with Crippen molar-refractivity contribution >= 4 is 28.8 Å². The van der Waals surface area contributed by atoms with Crippen molar-refractivity contribution in [1.82, 2.24) is 0 Å². The van der Waals surface area contributed by atoms with Gasteiger partial charge >= 0.3 is 11.9 Å². The van der Waals surface area contributed by atoms with Crippen LogP contribution in [0.1, 0.15) is 36.5 Å². The van der Waals surface area contributed by atoms with Crippen LogP contribution in [0.3, 0.4) is 0 Å². The fourth-order valence-electron chi connectivity index (χ4n) is 3.66. The molecular weight excluding hydrogens is 364 g/mol. The summed E-state index contributed by atoms with van der Waals surface area (Å²) in [5, 5.41) is 2.38. The second kappa shape index (κ2) is 8.91. The molecule has 4 nitrogen and oxygen atoms in total. The molecule has 1 aliphatic rings. The van der Waals surface area contributed by atoms with Gasteiger partial charge in [-0.3, -0.25) is 0 Å². The first-order chi connectivity index (χ1) is 13.9. The first kappa shape index (κ1) is 20.6. The van der Waals surface area contributed by atoms with Gasteiger partial charge in [-0.2, -0.15) is 0 Å². The molecule has 3 rings (SSSR count). The third-order valence-corrected chi connectivity index (χ3v) is 5.13. The zero-order chi connectivity index (χ0) is 20.9. The Bertz CT molecular complexity index is 986. The van der Waals surface area contributed by atoms with Gasteiger partial charge in [-0.1, -0.05) is 49.6 Å². The molecule has 0 fully saturated rings. The molecule has 0 amide bonds. The quantitative estimate of drug-likeness (QED) is 0.364. The number of fused-ring (bicyclic) bond motifs is 3. The highest BCUT2D eigenvalue weighted by Gasteiger charge is 2.29. The van der Waals surface area contributed by atoms with E-state index in [-0.39, 0.29) is 5.97 Å². The smallest absolute Gasteiger partial charge is 0.331 e. The Morgan fingerprint density at radius 3 is 2.66 bits per heavy atom. The Hall–Kier alpha value is -3.14. The fourth-order valence-corrected chi connectivity index (χ4v) is 3.66. The number of rotatable bonds is 8. The van der Waals surface area contributed by atoms with E-state index in [0.29, 0.717) is 13.0 Å². The summed E-state index contributed by atoms with van der Waals surface area (Å²) in [5.41, 5.74) is 2.95. The normalized spacial score (nSPS) is 17.4. The lowest BCUT2D eigenvalue weighted by molar-refractivity contribution is -0.147. The van der Waals surface area contributed by atoms with E-state index < -0.39 is 11.6 Å². The van der Waals surface area contributed by atoms with Crippen LogP contribution in [0.15, 0.2) is 61.7 Å². The molecule has 0 heterocycles. The van der Waals surface area contributed by atoms with Crippen LogP contribution in [0.4, 0.5) is 0 Å². The Morgan fingerprint density at radius 2 is 1.90 bits per heavy atom. The summed E-state index contributed by atoms with van der Waals surface area (Å²) in [6.07, 6.45) is 9.73. The third kappa shape index (κ3) is 5.02. The lowest BCUT2D eigenvalue weighted by atomic mass is 9.84. The summed E-state index contributed by atoms with van der Waals surface area (Å²) in [6.45, 7) is 9.19. The van der Waals surface area contributed by atoms with Gasteiger partial charge in [0.05, 0.1) is 6.61 Å². The van der Waals surface area contributed by atoms with Crippen LogP contribution in [-0.4, -0.2) is 24.1 Å². The molecule has 1 atom stereocenters. The molecule has 1 unspecified atom stereocenters. The van der Waals surface area contributed by atoms with E-state index in [1.165, 1.54) is 34.1 Å². The number of hydrogen-bond donors (Lipinski definition) is 0. The van der Waals surface area contributed by atoms with Gasteiger partial charge in [0, 0.05) is 18.6 Å². The summed E-state index contributed by atoms with van der Waals surface area (Å²) >= 11 is 0. The molecular formula is C25H26O4. The monoisotopic (exact) mass is 390 g/mol. The lowest BCUT2D eigenvalue weighted by Crippen LogP contribution is -2.33. The SMILES string of the molecule is C=CC(=O)OCCCCc1ccc2c3c(ccc2c1)CC(C)(OC(=O)C=C)C=C3. The van der Waals surface area contributed by atoms with Gasteiger partial charge in [0.1, 0.15) is 5.60 Å². The van der Waals surface area contributed by atoms with Crippen LogP contribution >= 0.6 is 0 Å². The van der Waals surface area contributed by atoms with Gasteiger partial charge in [-0.05, 0) is 59.7 Å². The molecule has 29 heavy (non-hydrogen) atoms. The van der Waals surface area contributed by atoms with Gasteiger partial charge in [-0.15, -0.1) is 0 Å². The Morgan fingerprint density at radius 1 is 1.10 bits per heavy atom. The van der Waals surface area contributed by atoms with Crippen LogP contribution in [0.5, 0.6) is 0 Å². The molecule has 0 bridgehead atoms. The predicted molar refractivity (Wildman–Crippen MR) is 115 cm³/mol. The second-order valence-electron chi connectivity index (χ2n) is 7.47. The van der Waals surface area contributed by atoms with Crippen molar-refractivity contribution in [2.45, 2.75) is 38.2 Å². The average molecular weight is 390 g/mol. The molecule has 0 radical (unpaired) electrons. The van der Waals surface area contributed by atoms with E-state index in [0.717, 1.165) is 24.8 Å². The van der Waals surface area contributed by atoms with Crippen molar-refractivity contribution in [3.8, 4) is 0 Å². The number of carbonyl (C=O) groups excluding carboxylic acids is 2. The van der Waals surface area contributed by atoms with Crippen molar-refractivity contribution in [2.24, 2.45) is 0 Å². The van der Waals surface area contributed by atoms with Crippen LogP contribution in [0.25, 0.3) is 16.8 Å². The number of carbonyl (C=O) groups is 2. The predicted octanol–water partition coefficient (Wildman–Crippen LogP) is 4.95. The molecule has 2 aromatic carbocycles. The van der Waals surface area contributed by atoms with Gasteiger partial charge in [0.15, 0.2) is 0 Å². The summed E-state index contributed by atoms with van der Waals surface area (Å²) in [7, 11) is 0. The molecule has 0 aromatic heterocycles. The molecule has 0 N–H and O–H groups in total. The van der Waals surface area contributed by atoms with Gasteiger partial charge in [0.2, 0.25) is 0 Å². The molecule has 0 aliphatic heterocycles. The van der Waals surface area contributed by atoms with Crippen LogP contribution in [0, 0.1) is 0 Å². The zero-order valence-corrected chi connectivity index (χ0v) is 16.8. The topological polar surface area (TPSA) is 52.6 Å². The number of benzene rings is 2. The standard InChI is InChI=1S/C25H26O4/c1-4-23(26)28-15-7-6-8-18-9-12-21-19(16-18)10-11-20-17-25(3,14-13-22(20)21)29-24(27)5-2/h4-5,9-14,16H,1-2,6-8,15,17H2,3H3. The molecule has 2 aromatic rings. The maximum atomic E-state index is 11.6. The van der Waals surface area contributed by atoms with E-state index >= 15 is 0 Å². The number of aryl methyl sites for hydroxylation is 1. The summed E-state index contributed by atoms with van der Waals surface area (Å²) < 4.78 is 10.5. The van der Waals surface area contributed by atoms with Crippen LogP contribution < -0.4 is 0 Å². The summed E-state index contributed by atoms with van der Waals surface area (Å²) in [5.74, 6) is -0.783. The molecule has 150 valence electrons. The van der Waals surface area contributed by atoms with Gasteiger partial charge < -0.3 is 9.47 Å². The molecule has 0 saturated heterocycles. The number of unbranched alkanes of at least 4 members (excludes halogenated alkanes) is 1. The maximum absolute atomic E-state index is 11.6. The van der Waals surface area contributed by atoms with Crippen molar-refractivity contribution in [3.63, 3.8) is 0 Å². The van der Waals surface area contributed by atoms with E-state index in [4.69, 9.17) is 9.47 Å². The lowest BCUT2D eigenvalue weighted by Gasteiger charge is -2.30. The minimum absolute atomic E-state index is 0.371. The first-order valence-corrected chi connectivity index (χ1v) is 9.82. The highest BCUT2D eigenvalue weighted by Crippen LogP contribution is 2.34. The van der Waals surface area contributed by atoms with Gasteiger partial charge in [-0.25, -0.2) is 9.59 Å². The number of hydrogen-bond acceptors (Lipinski definition) is 4. The number of ether oxygens (including phenoxy) is 2. The Kier molecular flexibility index (Phi) is 6.32. The summed E-state index contributed by atoms with van der Waals surface area (Å²) in [4.78, 5) is 22.7. The summed E-state index contributed by atoms with van der Waals surface area (Å²) in [6, 6.07) is 10.8. The minimum Gasteiger partial charge on any atom is -0.463 e. The Balaban J connectivity index is 1.69. The molecule has 0 saturated carbocycles. The van der Waals surface area contributed by atoms with E-state index in [1.54, 1.807) is 0 Å². The largest absolute Gasteiger partial charge is 0.463 e. The van der Waals surface area contributed by atoms with Crippen molar-refractivity contribution in [2.75, 3.05) is 6.61 Å². The first-order valence-electron chi connectivity index (χ1n) is 9.82. The van der Waals surface area contributed by atoms with Crippen molar-refractivity contribution in [1.29, 1.82) is 0 Å². The van der Waals surface area contributed by atoms with Crippen molar-refractivity contribution < 1.29 is 19.1 Å². The number of esters is 2. The van der Waals surface area contributed by atoms with E-state index in [2.05, 4.69) is 43.5 Å². The highest BCUT2D eigenvalue weighted by atomic mass is 16.6. The molecule has 0 spiro atoms. The van der Waals surface area contributed by atoms with E-state index in [9.17, 15) is 9.59 Å². The fraction of sp³-hybridized carbons (Fsp3) is 0.280. The van der Waals surface area contributed by atoms with Crippen LogP contribution in [0.2, 0.25) is 0 Å². The third-order valence-electron chi connectivity index (χ3n) is 5.13. The highest BCUT2D eigenvalue weighted by molar-refractivity contribution is 5.93. The van der Waals surface area contributed by atoms with E-state index in [1.807, 2.05) is 19.1 Å². The second-order valence-corrected chi connectivity index (χ2v) is 7.47. The zero-order valence-electron chi connectivity index (χ0n) is 16.8. The average Bonchev–Trinajstić information content (AvgIpc) is 2.72. The maximum Gasteiger partial charge on any atom is 0.331 e. The Labute approximate surface area is 171 Å². The van der Waals surface area contributed by atoms with Crippen LogP contribution in [-0.2, 0) is 31.9 Å². The molecule has 1 aliphatic carbocycles. The van der Waals surface area contributed by atoms with Crippen molar-refractivity contribution in [3.05, 3.63) is 78.4 Å². The van der Waals surface area contributed by atoms with Gasteiger partial charge in [0.25, 0.3) is 0 Å². The minimum atomic E-state index is -0.652.